The third-order valence-electron chi connectivity index (χ3n) is 5.39. The van der Waals surface area contributed by atoms with Crippen molar-refractivity contribution in [2.24, 2.45) is 0 Å². The molecule has 3 aromatic rings. The smallest absolute Gasteiger partial charge is 0.295 e. The van der Waals surface area contributed by atoms with Crippen LogP contribution in [0.5, 0.6) is 0 Å². The molecule has 1 aromatic heterocycles. The van der Waals surface area contributed by atoms with E-state index in [1.807, 2.05) is 4.57 Å². The van der Waals surface area contributed by atoms with Crippen LogP contribution in [0, 0.1) is 10.1 Å². The average molecular weight is 432 g/mol. The van der Waals surface area contributed by atoms with Gasteiger partial charge < -0.3 is 14.6 Å². The third kappa shape index (κ3) is 3.87. The first-order valence-electron chi connectivity index (χ1n) is 10.0. The molecule has 1 N–H and O–H groups in total. The van der Waals surface area contributed by atoms with Crippen LogP contribution >= 0.6 is 0 Å². The summed E-state index contributed by atoms with van der Waals surface area (Å²) in [5, 5.41) is 22.7. The Hall–Kier alpha value is -4.27. The van der Waals surface area contributed by atoms with E-state index >= 15 is 0 Å². The van der Waals surface area contributed by atoms with Crippen molar-refractivity contribution in [2.75, 3.05) is 6.54 Å². The van der Waals surface area contributed by atoms with Gasteiger partial charge in [-0.25, -0.2) is 4.98 Å². The summed E-state index contributed by atoms with van der Waals surface area (Å²) in [4.78, 5) is 42.4. The van der Waals surface area contributed by atoms with Gasteiger partial charge in [0.05, 0.1) is 28.4 Å². The highest BCUT2D eigenvalue weighted by molar-refractivity contribution is 6.46. The molecule has 2 aromatic carbocycles. The van der Waals surface area contributed by atoms with Crippen molar-refractivity contribution in [3.63, 3.8) is 0 Å². The molecule has 9 heteroatoms. The molecule has 1 aliphatic rings. The van der Waals surface area contributed by atoms with E-state index in [1.165, 1.54) is 23.1 Å². The topological polar surface area (TPSA) is 119 Å². The lowest BCUT2D eigenvalue weighted by Gasteiger charge is -2.25. The zero-order valence-electron chi connectivity index (χ0n) is 17.0. The summed E-state index contributed by atoms with van der Waals surface area (Å²) in [6.07, 6.45) is 5.55. The number of aromatic nitrogens is 2. The van der Waals surface area contributed by atoms with Gasteiger partial charge >= 0.3 is 0 Å². The standard InChI is InChI=1S/C23H20N4O5/c28-21(16-7-2-1-3-8-16)19-20(17-9-4-5-10-18(17)27(31)32)26(23(30)22(19)29)13-6-12-25-14-11-24-15-25/h1-5,7-11,14-15,20,28H,6,12-13H2/t20-/m0/s1. The number of hydrogen-bond acceptors (Lipinski definition) is 6. The maximum Gasteiger partial charge on any atom is 0.295 e. The van der Waals surface area contributed by atoms with Crippen LogP contribution in [0.25, 0.3) is 5.76 Å². The largest absolute Gasteiger partial charge is 0.507 e. The molecule has 0 saturated carbocycles. The van der Waals surface area contributed by atoms with Crippen LogP contribution < -0.4 is 0 Å². The predicted molar refractivity (Wildman–Crippen MR) is 115 cm³/mol. The first-order chi connectivity index (χ1) is 15.5. The fraction of sp³-hybridized carbons (Fsp3) is 0.174. The Kier molecular flexibility index (Phi) is 5.80. The molecule has 1 saturated heterocycles. The first-order valence-corrected chi connectivity index (χ1v) is 10.0. The van der Waals surface area contributed by atoms with E-state index < -0.39 is 22.7 Å². The van der Waals surface area contributed by atoms with E-state index in [2.05, 4.69) is 4.98 Å². The molecule has 0 bridgehead atoms. The summed E-state index contributed by atoms with van der Waals surface area (Å²) in [5.41, 5.74) is 0.153. The second-order valence-corrected chi connectivity index (χ2v) is 7.33. The Morgan fingerprint density at radius 2 is 1.78 bits per heavy atom. The molecule has 0 radical (unpaired) electrons. The Labute approximate surface area is 183 Å². The summed E-state index contributed by atoms with van der Waals surface area (Å²) in [7, 11) is 0. The van der Waals surface area contributed by atoms with Crippen LogP contribution in [-0.4, -0.2) is 42.7 Å². The molecule has 32 heavy (non-hydrogen) atoms. The van der Waals surface area contributed by atoms with Crippen molar-refractivity contribution >= 4 is 23.1 Å². The minimum absolute atomic E-state index is 0.155. The lowest BCUT2D eigenvalue weighted by atomic mass is 9.94. The number of amides is 1. The number of hydrogen-bond donors (Lipinski definition) is 1. The molecular weight excluding hydrogens is 412 g/mol. The number of carbonyl (C=O) groups is 2. The second kappa shape index (κ2) is 8.84. The van der Waals surface area contributed by atoms with Gasteiger partial charge in [0.25, 0.3) is 17.4 Å². The number of para-hydroxylation sites is 1. The predicted octanol–water partition coefficient (Wildman–Crippen LogP) is 3.30. The molecule has 1 fully saturated rings. The Morgan fingerprint density at radius 1 is 1.06 bits per heavy atom. The number of Topliss-reactive ketones (excluding diaryl/α,β-unsaturated/α-hetero) is 1. The first kappa shape index (κ1) is 21.0. The number of likely N-dealkylation sites (tertiary alicyclic amines) is 1. The average Bonchev–Trinajstić information content (AvgIpc) is 3.41. The van der Waals surface area contributed by atoms with Crippen LogP contribution in [0.4, 0.5) is 5.69 Å². The van der Waals surface area contributed by atoms with Crippen LogP contribution in [0.1, 0.15) is 23.6 Å². The van der Waals surface area contributed by atoms with E-state index in [9.17, 15) is 24.8 Å². The SMILES string of the molecule is O=C1C(=O)N(CCCn2ccnc2)[C@@H](c2ccccc2[N+](=O)[O-])C1=C(O)c1ccccc1. The highest BCUT2D eigenvalue weighted by Crippen LogP contribution is 2.42. The molecule has 1 aliphatic heterocycles. The van der Waals surface area contributed by atoms with E-state index in [4.69, 9.17) is 0 Å². The van der Waals surface area contributed by atoms with Crippen molar-refractivity contribution in [1.82, 2.24) is 14.5 Å². The van der Waals surface area contributed by atoms with Crippen LogP contribution in [-0.2, 0) is 16.1 Å². The fourth-order valence-corrected chi connectivity index (χ4v) is 3.91. The number of aliphatic hydroxyl groups excluding tert-OH is 1. The number of rotatable bonds is 7. The number of nitro benzene ring substituents is 1. The lowest BCUT2D eigenvalue weighted by Crippen LogP contribution is -2.31. The molecule has 1 atom stereocenters. The van der Waals surface area contributed by atoms with Gasteiger partial charge in [-0.05, 0) is 12.5 Å². The van der Waals surface area contributed by atoms with E-state index in [0.717, 1.165) is 0 Å². The number of nitrogens with zero attached hydrogens (tertiary/aromatic N) is 4. The number of imidazole rings is 1. The molecule has 1 amide bonds. The number of carbonyl (C=O) groups excluding carboxylic acids is 2. The minimum atomic E-state index is -1.07. The summed E-state index contributed by atoms with van der Waals surface area (Å²) in [6.45, 7) is 0.719. The normalized spacial score (nSPS) is 17.6. The lowest BCUT2D eigenvalue weighted by molar-refractivity contribution is -0.385. The van der Waals surface area contributed by atoms with Gasteiger partial charge in [-0.3, -0.25) is 19.7 Å². The van der Waals surface area contributed by atoms with Crippen molar-refractivity contribution in [1.29, 1.82) is 0 Å². The number of aliphatic hydroxyl groups is 1. The molecule has 4 rings (SSSR count). The zero-order valence-corrected chi connectivity index (χ0v) is 17.0. The van der Waals surface area contributed by atoms with Gasteiger partial charge in [0.15, 0.2) is 0 Å². The maximum atomic E-state index is 13.0. The van der Waals surface area contributed by atoms with Gasteiger partial charge in [-0.1, -0.05) is 42.5 Å². The van der Waals surface area contributed by atoms with Gasteiger partial charge in [-0.2, -0.15) is 0 Å². The van der Waals surface area contributed by atoms with Crippen LogP contribution in [0.3, 0.4) is 0 Å². The van der Waals surface area contributed by atoms with E-state index in [0.29, 0.717) is 18.5 Å². The summed E-state index contributed by atoms with van der Waals surface area (Å²) >= 11 is 0. The summed E-state index contributed by atoms with van der Waals surface area (Å²) in [6, 6.07) is 13.2. The van der Waals surface area contributed by atoms with Crippen LogP contribution in [0.15, 0.2) is 78.9 Å². The van der Waals surface area contributed by atoms with E-state index in [-0.39, 0.29) is 29.1 Å². The van der Waals surface area contributed by atoms with Gasteiger partial charge in [0.1, 0.15) is 5.76 Å². The van der Waals surface area contributed by atoms with E-state index in [1.54, 1.807) is 55.1 Å². The molecule has 0 aliphatic carbocycles. The van der Waals surface area contributed by atoms with Crippen molar-refractivity contribution in [3.05, 3.63) is 100 Å². The molecule has 9 nitrogen and oxygen atoms in total. The number of nitro groups is 1. The van der Waals surface area contributed by atoms with Crippen molar-refractivity contribution < 1.29 is 19.6 Å². The van der Waals surface area contributed by atoms with Gasteiger partial charge in [0.2, 0.25) is 0 Å². The molecular formula is C23H20N4O5. The highest BCUT2D eigenvalue weighted by Gasteiger charge is 2.47. The number of aryl methyl sites for hydroxylation is 1. The Balaban J connectivity index is 1.79. The summed E-state index contributed by atoms with van der Waals surface area (Å²) in [5.74, 6) is -2.02. The monoisotopic (exact) mass is 432 g/mol. The molecule has 0 unspecified atom stereocenters. The quantitative estimate of drug-likeness (QED) is 0.201. The van der Waals surface area contributed by atoms with Gasteiger partial charge in [-0.15, -0.1) is 0 Å². The highest BCUT2D eigenvalue weighted by atomic mass is 16.6. The van der Waals surface area contributed by atoms with Crippen molar-refractivity contribution in [2.45, 2.75) is 19.0 Å². The third-order valence-corrected chi connectivity index (χ3v) is 5.39. The molecule has 2 heterocycles. The van der Waals surface area contributed by atoms with Gasteiger partial charge in [0, 0.05) is 37.1 Å². The van der Waals surface area contributed by atoms with Crippen molar-refractivity contribution in [3.8, 4) is 0 Å². The Morgan fingerprint density at radius 3 is 2.47 bits per heavy atom. The Bertz CT molecular complexity index is 1190. The minimum Gasteiger partial charge on any atom is -0.507 e. The second-order valence-electron chi connectivity index (χ2n) is 7.33. The molecule has 0 spiro atoms. The zero-order chi connectivity index (χ0) is 22.7. The fourth-order valence-electron chi connectivity index (χ4n) is 3.91. The number of ketones is 1. The molecule has 162 valence electrons. The maximum absolute atomic E-state index is 13.0. The summed E-state index contributed by atoms with van der Waals surface area (Å²) < 4.78 is 1.83. The van der Waals surface area contributed by atoms with Crippen LogP contribution in [0.2, 0.25) is 0 Å². The number of benzene rings is 2.